The summed E-state index contributed by atoms with van der Waals surface area (Å²) in [5, 5.41) is 0. The molecule has 0 spiro atoms. The van der Waals surface area contributed by atoms with Crippen LogP contribution in [0.5, 0.6) is 0 Å². The van der Waals surface area contributed by atoms with Gasteiger partial charge in [-0.25, -0.2) is 0 Å². The molecule has 0 saturated heterocycles. The van der Waals surface area contributed by atoms with Crippen molar-refractivity contribution < 1.29 is 4.74 Å². The van der Waals surface area contributed by atoms with E-state index in [0.717, 1.165) is 18.6 Å². The van der Waals surface area contributed by atoms with E-state index in [-0.39, 0.29) is 0 Å². The minimum Gasteiger partial charge on any atom is -0.377 e. The third-order valence-electron chi connectivity index (χ3n) is 1.44. The first-order valence-corrected chi connectivity index (χ1v) is 4.38. The zero-order chi connectivity index (χ0) is 9.23. The average molecular weight is 166 g/mol. The van der Waals surface area contributed by atoms with Crippen LogP contribution in [0.25, 0.3) is 0 Å². The molecule has 1 nitrogen and oxygen atoms in total. The van der Waals surface area contributed by atoms with Crippen molar-refractivity contribution in [1.29, 1.82) is 0 Å². The minimum absolute atomic E-state index is 0.693. The summed E-state index contributed by atoms with van der Waals surface area (Å²) in [6.07, 6.45) is 8.95. The molecule has 0 aromatic carbocycles. The molecule has 0 N–H and O–H groups in total. The van der Waals surface area contributed by atoms with Crippen molar-refractivity contribution in [3.05, 3.63) is 36.5 Å². The third kappa shape index (κ3) is 5.93. The van der Waals surface area contributed by atoms with Crippen LogP contribution in [0.2, 0.25) is 0 Å². The molecule has 0 rings (SSSR count). The predicted octanol–water partition coefficient (Wildman–Crippen LogP) is 3.10. The van der Waals surface area contributed by atoms with E-state index in [4.69, 9.17) is 4.74 Å². The van der Waals surface area contributed by atoms with Gasteiger partial charge in [0.25, 0.3) is 0 Å². The molecule has 0 fully saturated rings. The quantitative estimate of drug-likeness (QED) is 0.435. The van der Waals surface area contributed by atoms with Crippen LogP contribution >= 0.6 is 0 Å². The lowest BCUT2D eigenvalue weighted by atomic mass is 10.2. The molecule has 0 heterocycles. The Hall–Kier alpha value is -0.820. The van der Waals surface area contributed by atoms with Gasteiger partial charge in [0.05, 0.1) is 6.61 Å². The van der Waals surface area contributed by atoms with Crippen LogP contribution in [-0.2, 0) is 4.74 Å². The number of ether oxygens (including phenoxy) is 1. The molecule has 0 bridgehead atoms. The Kier molecular flexibility index (Phi) is 7.71. The molecule has 68 valence electrons. The second kappa shape index (κ2) is 8.28. The fraction of sp³-hybridized carbons (Fsp3) is 0.455. The van der Waals surface area contributed by atoms with Crippen molar-refractivity contribution in [2.75, 3.05) is 13.2 Å². The monoisotopic (exact) mass is 166 g/mol. The van der Waals surface area contributed by atoms with Gasteiger partial charge in [0.2, 0.25) is 0 Å². The first-order valence-electron chi connectivity index (χ1n) is 4.38. The van der Waals surface area contributed by atoms with Crippen LogP contribution in [0.4, 0.5) is 0 Å². The maximum atomic E-state index is 5.27. The lowest BCUT2D eigenvalue weighted by Crippen LogP contribution is -1.91. The highest BCUT2D eigenvalue weighted by molar-refractivity contribution is 5.28. The van der Waals surface area contributed by atoms with Crippen molar-refractivity contribution in [2.45, 2.75) is 20.3 Å². The molecule has 0 aliphatic carbocycles. The Bertz CT molecular complexity index is 166. The molecule has 0 amide bonds. The number of hydrogen-bond acceptors (Lipinski definition) is 1. The normalized spacial score (nSPS) is 12.3. The van der Waals surface area contributed by atoms with Crippen molar-refractivity contribution in [3.8, 4) is 0 Å². The van der Waals surface area contributed by atoms with Gasteiger partial charge in [-0.3, -0.25) is 0 Å². The van der Waals surface area contributed by atoms with Crippen LogP contribution in [0.15, 0.2) is 36.5 Å². The maximum absolute atomic E-state index is 5.27. The lowest BCUT2D eigenvalue weighted by molar-refractivity contribution is 0.163. The summed E-state index contributed by atoms with van der Waals surface area (Å²) in [6.45, 7) is 9.31. The standard InChI is InChI=1S/C11H18O/c1-4-9-12-10-7-8-11(5-2)6-3/h5-8H,2,4,9-10H2,1,3H3. The van der Waals surface area contributed by atoms with Gasteiger partial charge in [-0.05, 0) is 18.9 Å². The molecule has 0 aliphatic heterocycles. The van der Waals surface area contributed by atoms with Crippen molar-refractivity contribution in [2.24, 2.45) is 0 Å². The molecular weight excluding hydrogens is 148 g/mol. The highest BCUT2D eigenvalue weighted by Gasteiger charge is 1.81. The molecule has 0 aliphatic rings. The molecule has 0 unspecified atom stereocenters. The van der Waals surface area contributed by atoms with Crippen molar-refractivity contribution in [1.82, 2.24) is 0 Å². The van der Waals surface area contributed by atoms with Gasteiger partial charge in [0, 0.05) is 6.61 Å². The summed E-state index contributed by atoms with van der Waals surface area (Å²) in [4.78, 5) is 0. The Morgan fingerprint density at radius 3 is 2.75 bits per heavy atom. The molecule has 0 atom stereocenters. The molecule has 0 radical (unpaired) electrons. The van der Waals surface area contributed by atoms with E-state index in [0.29, 0.717) is 6.61 Å². The molecule has 12 heavy (non-hydrogen) atoms. The first-order chi connectivity index (χ1) is 5.85. The van der Waals surface area contributed by atoms with E-state index in [2.05, 4.69) is 13.5 Å². The molecule has 0 aromatic heterocycles. The zero-order valence-electron chi connectivity index (χ0n) is 8.05. The second-order valence-corrected chi connectivity index (χ2v) is 2.47. The van der Waals surface area contributed by atoms with Crippen molar-refractivity contribution >= 4 is 0 Å². The third-order valence-corrected chi connectivity index (χ3v) is 1.44. The fourth-order valence-corrected chi connectivity index (χ4v) is 0.762. The van der Waals surface area contributed by atoms with E-state index >= 15 is 0 Å². The van der Waals surface area contributed by atoms with Crippen molar-refractivity contribution in [3.63, 3.8) is 0 Å². The lowest BCUT2D eigenvalue weighted by Gasteiger charge is -1.95. The SMILES string of the molecule is C=CC(C=CCOCCC)=CC. The van der Waals surface area contributed by atoms with E-state index in [1.54, 1.807) is 0 Å². The summed E-state index contributed by atoms with van der Waals surface area (Å²) in [7, 11) is 0. The van der Waals surface area contributed by atoms with Crippen LogP contribution < -0.4 is 0 Å². The highest BCUT2D eigenvalue weighted by Crippen LogP contribution is 1.96. The summed E-state index contributed by atoms with van der Waals surface area (Å²) in [5.41, 5.74) is 1.13. The maximum Gasteiger partial charge on any atom is 0.0650 e. The fourth-order valence-electron chi connectivity index (χ4n) is 0.762. The molecule has 0 aromatic rings. The first kappa shape index (κ1) is 11.2. The highest BCUT2D eigenvalue weighted by atomic mass is 16.5. The van der Waals surface area contributed by atoms with Crippen LogP contribution in [0.3, 0.4) is 0 Å². The Balaban J connectivity index is 3.53. The van der Waals surface area contributed by atoms with Gasteiger partial charge >= 0.3 is 0 Å². The van der Waals surface area contributed by atoms with E-state index in [1.165, 1.54) is 0 Å². The number of hydrogen-bond donors (Lipinski definition) is 0. The molecule has 1 heteroatoms. The zero-order valence-corrected chi connectivity index (χ0v) is 8.05. The van der Waals surface area contributed by atoms with Crippen LogP contribution in [-0.4, -0.2) is 13.2 Å². The largest absolute Gasteiger partial charge is 0.377 e. The van der Waals surface area contributed by atoms with E-state index < -0.39 is 0 Å². The topological polar surface area (TPSA) is 9.23 Å². The van der Waals surface area contributed by atoms with Crippen LogP contribution in [0, 0.1) is 0 Å². The van der Waals surface area contributed by atoms with Gasteiger partial charge < -0.3 is 4.74 Å². The van der Waals surface area contributed by atoms with E-state index in [1.807, 2.05) is 31.2 Å². The predicted molar refractivity (Wildman–Crippen MR) is 54.2 cm³/mol. The van der Waals surface area contributed by atoms with Gasteiger partial charge in [-0.2, -0.15) is 0 Å². The van der Waals surface area contributed by atoms with Gasteiger partial charge in [-0.15, -0.1) is 0 Å². The summed E-state index contributed by atoms with van der Waals surface area (Å²) < 4.78 is 5.27. The average Bonchev–Trinajstić information content (AvgIpc) is 2.11. The number of allylic oxidation sites excluding steroid dienone is 4. The van der Waals surface area contributed by atoms with Gasteiger partial charge in [0.1, 0.15) is 0 Å². The Morgan fingerprint density at radius 2 is 2.25 bits per heavy atom. The summed E-state index contributed by atoms with van der Waals surface area (Å²) >= 11 is 0. The Labute approximate surface area is 75.4 Å². The van der Waals surface area contributed by atoms with Gasteiger partial charge in [-0.1, -0.05) is 37.8 Å². The Morgan fingerprint density at radius 1 is 1.50 bits per heavy atom. The minimum atomic E-state index is 0.693. The molecule has 0 saturated carbocycles. The molecular formula is C11H18O. The van der Waals surface area contributed by atoms with Crippen LogP contribution in [0.1, 0.15) is 20.3 Å². The second-order valence-electron chi connectivity index (χ2n) is 2.47. The number of rotatable bonds is 6. The van der Waals surface area contributed by atoms with Gasteiger partial charge in [0.15, 0.2) is 0 Å². The smallest absolute Gasteiger partial charge is 0.0650 e. The summed E-state index contributed by atoms with van der Waals surface area (Å²) in [6, 6.07) is 0. The summed E-state index contributed by atoms with van der Waals surface area (Å²) in [5.74, 6) is 0. The van der Waals surface area contributed by atoms with E-state index in [9.17, 15) is 0 Å².